The second-order valence-electron chi connectivity index (χ2n) is 8.58. The summed E-state index contributed by atoms with van der Waals surface area (Å²) in [6, 6.07) is 5.56. The molecule has 1 aliphatic carbocycles. The monoisotopic (exact) mass is 463 g/mol. The van der Waals surface area contributed by atoms with Gasteiger partial charge in [0.15, 0.2) is 0 Å². The Morgan fingerprint density at radius 3 is 2.55 bits per heavy atom. The van der Waals surface area contributed by atoms with E-state index in [-0.39, 0.29) is 31.6 Å². The van der Waals surface area contributed by atoms with E-state index in [1.165, 1.54) is 4.90 Å². The third kappa shape index (κ3) is 8.61. The van der Waals surface area contributed by atoms with Gasteiger partial charge < -0.3 is 20.3 Å². The molecule has 1 aliphatic rings. The van der Waals surface area contributed by atoms with Crippen LogP contribution >= 0.6 is 0 Å². The fourth-order valence-electron chi connectivity index (χ4n) is 3.67. The highest BCUT2D eigenvalue weighted by molar-refractivity contribution is 5.96. The Morgan fingerprint density at radius 1 is 1.24 bits per heavy atom. The highest BCUT2D eigenvalue weighted by Crippen LogP contribution is 2.37. The van der Waals surface area contributed by atoms with Gasteiger partial charge in [0.2, 0.25) is 18.2 Å². The van der Waals surface area contributed by atoms with Crippen LogP contribution in [0.2, 0.25) is 0 Å². The first-order valence-electron chi connectivity index (χ1n) is 11.3. The summed E-state index contributed by atoms with van der Waals surface area (Å²) in [6.45, 7) is 7.49. The molecule has 2 N–H and O–H groups in total. The summed E-state index contributed by atoms with van der Waals surface area (Å²) in [5.74, 6) is -3.35. The van der Waals surface area contributed by atoms with E-state index in [1.807, 2.05) is 39.0 Å². The molecule has 0 bridgehead atoms. The fraction of sp³-hybridized carbons (Fsp3) is 0.520. The van der Waals surface area contributed by atoms with Crippen molar-refractivity contribution >= 4 is 29.3 Å². The Morgan fingerprint density at radius 2 is 1.94 bits per heavy atom. The predicted octanol–water partition coefficient (Wildman–Crippen LogP) is 5.29. The van der Waals surface area contributed by atoms with Crippen molar-refractivity contribution in [3.05, 3.63) is 41.6 Å². The van der Waals surface area contributed by atoms with E-state index in [9.17, 15) is 18.4 Å². The van der Waals surface area contributed by atoms with E-state index in [0.717, 1.165) is 23.1 Å². The zero-order chi connectivity index (χ0) is 24.4. The summed E-state index contributed by atoms with van der Waals surface area (Å²) in [6.07, 6.45) is 4.27. The molecule has 2 rings (SSSR count). The van der Waals surface area contributed by atoms with Crippen LogP contribution in [0, 0.1) is 5.92 Å². The van der Waals surface area contributed by atoms with Gasteiger partial charge in [-0.3, -0.25) is 9.59 Å². The van der Waals surface area contributed by atoms with Crippen LogP contribution in [0.1, 0.15) is 52.0 Å². The Kier molecular flexibility index (Phi) is 10.0. The molecule has 1 fully saturated rings. The van der Waals surface area contributed by atoms with Crippen molar-refractivity contribution in [1.29, 1.82) is 0 Å². The maximum Gasteiger partial charge on any atom is 0.248 e. The quantitative estimate of drug-likeness (QED) is 0.266. The van der Waals surface area contributed by atoms with Gasteiger partial charge in [0.05, 0.1) is 18.0 Å². The number of nitrogens with zero attached hydrogens (tertiary/aromatic N) is 1. The van der Waals surface area contributed by atoms with Crippen LogP contribution in [0.4, 0.5) is 20.2 Å². The number of carbonyl (C=O) groups excluding carboxylic acids is 2. The van der Waals surface area contributed by atoms with Gasteiger partial charge in [0.25, 0.3) is 0 Å². The van der Waals surface area contributed by atoms with E-state index in [1.54, 1.807) is 19.3 Å². The molecular weight excluding hydrogens is 428 g/mol. The smallest absolute Gasteiger partial charge is 0.248 e. The van der Waals surface area contributed by atoms with Crippen molar-refractivity contribution in [3.8, 4) is 0 Å². The van der Waals surface area contributed by atoms with Crippen LogP contribution in [0.3, 0.4) is 0 Å². The SMILES string of the molecule is CCOCCNc1cc(/C(C=C(C)C)=C/N(C)C=O)ccc1NC(=O)C1CCC(F)(F)CC1. The number of anilines is 2. The molecular formula is C25H35F2N3O3. The fourth-order valence-corrected chi connectivity index (χ4v) is 3.67. The van der Waals surface area contributed by atoms with Crippen molar-refractivity contribution in [3.63, 3.8) is 0 Å². The molecule has 0 atom stereocenters. The maximum atomic E-state index is 13.5. The Balaban J connectivity index is 2.29. The lowest BCUT2D eigenvalue weighted by Gasteiger charge is -2.27. The summed E-state index contributed by atoms with van der Waals surface area (Å²) in [5.41, 5.74) is 4.04. The molecule has 0 aliphatic heterocycles. The summed E-state index contributed by atoms with van der Waals surface area (Å²) in [7, 11) is 1.66. The minimum atomic E-state index is -2.67. The minimum absolute atomic E-state index is 0.176. The largest absolute Gasteiger partial charge is 0.381 e. The van der Waals surface area contributed by atoms with E-state index < -0.39 is 11.8 Å². The van der Waals surface area contributed by atoms with E-state index >= 15 is 0 Å². The maximum absolute atomic E-state index is 13.5. The number of allylic oxidation sites excluding steroid dienone is 3. The second kappa shape index (κ2) is 12.5. The van der Waals surface area contributed by atoms with Crippen molar-refractivity contribution in [1.82, 2.24) is 4.90 Å². The first-order chi connectivity index (χ1) is 15.6. The lowest BCUT2D eigenvalue weighted by atomic mass is 9.86. The average molecular weight is 464 g/mol. The number of alkyl halides is 2. The van der Waals surface area contributed by atoms with Crippen LogP contribution in [-0.2, 0) is 14.3 Å². The van der Waals surface area contributed by atoms with Gasteiger partial charge in [0, 0.05) is 45.2 Å². The van der Waals surface area contributed by atoms with Crippen molar-refractivity contribution < 1.29 is 23.1 Å². The highest BCUT2D eigenvalue weighted by Gasteiger charge is 2.37. The van der Waals surface area contributed by atoms with Crippen LogP contribution in [0.5, 0.6) is 0 Å². The normalized spacial score (nSPS) is 16.1. The Bertz CT molecular complexity index is 870. The predicted molar refractivity (Wildman–Crippen MR) is 128 cm³/mol. The van der Waals surface area contributed by atoms with Gasteiger partial charge in [-0.2, -0.15) is 0 Å². The topological polar surface area (TPSA) is 70.7 Å². The molecule has 0 heterocycles. The lowest BCUT2D eigenvalue weighted by molar-refractivity contribution is -0.124. The summed E-state index contributed by atoms with van der Waals surface area (Å²) < 4.78 is 32.3. The van der Waals surface area contributed by atoms with Crippen LogP contribution < -0.4 is 10.6 Å². The molecule has 182 valence electrons. The van der Waals surface area contributed by atoms with Crippen LogP contribution in [-0.4, -0.2) is 49.9 Å². The van der Waals surface area contributed by atoms with Gasteiger partial charge in [-0.1, -0.05) is 17.7 Å². The van der Waals surface area contributed by atoms with E-state index in [0.29, 0.717) is 31.1 Å². The van der Waals surface area contributed by atoms with Crippen LogP contribution in [0.25, 0.3) is 5.57 Å². The van der Waals surface area contributed by atoms with Crippen molar-refractivity contribution in [2.24, 2.45) is 5.92 Å². The standard InChI is InChI=1S/C25H35F2N3O3/c1-5-33-13-12-28-23-15-20(21(14-18(2)3)16-30(4)17-31)6-7-22(23)29-24(32)19-8-10-25(26,27)11-9-19/h6-7,14-17,19,28H,5,8-13H2,1-4H3,(H,29,32)/b21-16+. The van der Waals surface area contributed by atoms with Gasteiger partial charge in [-0.05, 0) is 56.9 Å². The number of ether oxygens (including phenoxy) is 1. The van der Waals surface area contributed by atoms with E-state index in [2.05, 4.69) is 10.6 Å². The molecule has 0 unspecified atom stereocenters. The molecule has 0 aromatic heterocycles. The van der Waals surface area contributed by atoms with Gasteiger partial charge >= 0.3 is 0 Å². The highest BCUT2D eigenvalue weighted by atomic mass is 19.3. The molecule has 0 saturated heterocycles. The molecule has 0 radical (unpaired) electrons. The molecule has 0 spiro atoms. The number of carbonyl (C=O) groups is 2. The summed E-state index contributed by atoms with van der Waals surface area (Å²) in [5, 5.41) is 6.21. The summed E-state index contributed by atoms with van der Waals surface area (Å²) in [4.78, 5) is 25.3. The van der Waals surface area contributed by atoms with E-state index in [4.69, 9.17) is 4.74 Å². The third-order valence-corrected chi connectivity index (χ3v) is 5.42. The van der Waals surface area contributed by atoms with Crippen LogP contribution in [0.15, 0.2) is 36.0 Å². The molecule has 33 heavy (non-hydrogen) atoms. The number of hydrogen-bond acceptors (Lipinski definition) is 4. The molecule has 6 nitrogen and oxygen atoms in total. The van der Waals surface area contributed by atoms with Crippen molar-refractivity contribution in [2.75, 3.05) is 37.4 Å². The van der Waals surface area contributed by atoms with Gasteiger partial charge in [-0.15, -0.1) is 0 Å². The van der Waals surface area contributed by atoms with Gasteiger partial charge in [-0.25, -0.2) is 8.78 Å². The average Bonchev–Trinajstić information content (AvgIpc) is 2.76. The van der Waals surface area contributed by atoms with Crippen molar-refractivity contribution in [2.45, 2.75) is 52.4 Å². The third-order valence-electron chi connectivity index (χ3n) is 5.42. The Hall–Kier alpha value is -2.74. The minimum Gasteiger partial charge on any atom is -0.381 e. The van der Waals surface area contributed by atoms with Gasteiger partial charge in [0.1, 0.15) is 0 Å². The zero-order valence-electron chi connectivity index (χ0n) is 19.9. The number of amides is 2. The summed E-state index contributed by atoms with van der Waals surface area (Å²) >= 11 is 0. The molecule has 1 saturated carbocycles. The second-order valence-corrected chi connectivity index (χ2v) is 8.58. The number of benzene rings is 1. The molecule has 2 amide bonds. The zero-order valence-corrected chi connectivity index (χ0v) is 19.9. The molecule has 1 aromatic carbocycles. The number of rotatable bonds is 11. The number of nitrogens with one attached hydrogen (secondary N) is 2. The molecule has 1 aromatic rings. The number of halogens is 2. The Labute approximate surface area is 195 Å². The first kappa shape index (κ1) is 26.5. The number of hydrogen-bond donors (Lipinski definition) is 2. The molecule has 8 heteroatoms. The first-order valence-corrected chi connectivity index (χ1v) is 11.3. The lowest BCUT2D eigenvalue weighted by Crippen LogP contribution is -2.32.